The molecule has 2 aliphatic rings. The number of nitrogens with zero attached hydrogens (tertiary/aromatic N) is 2. The quantitative estimate of drug-likeness (QED) is 0.700. The second-order valence-electron chi connectivity index (χ2n) is 8.57. The van der Waals surface area contributed by atoms with E-state index in [0.717, 1.165) is 43.4 Å². The molecule has 2 aliphatic heterocycles. The zero-order valence-corrected chi connectivity index (χ0v) is 18.2. The highest BCUT2D eigenvalue weighted by atomic mass is 16.2. The van der Waals surface area contributed by atoms with E-state index in [0.29, 0.717) is 17.7 Å². The molecule has 8 nitrogen and oxygen atoms in total. The number of rotatable bonds is 4. The van der Waals surface area contributed by atoms with Gasteiger partial charge in [0.05, 0.1) is 11.5 Å². The summed E-state index contributed by atoms with van der Waals surface area (Å²) in [5, 5.41) is 5.57. The molecule has 1 fully saturated rings. The van der Waals surface area contributed by atoms with Crippen molar-refractivity contribution in [2.24, 2.45) is 0 Å². The molecule has 0 unspecified atom stereocenters. The van der Waals surface area contributed by atoms with Crippen molar-refractivity contribution in [3.8, 4) is 0 Å². The molecule has 31 heavy (non-hydrogen) atoms. The van der Waals surface area contributed by atoms with Gasteiger partial charge in [-0.05, 0) is 62.8 Å². The van der Waals surface area contributed by atoms with E-state index in [1.165, 1.54) is 0 Å². The third-order valence-corrected chi connectivity index (χ3v) is 6.11. The van der Waals surface area contributed by atoms with E-state index in [9.17, 15) is 14.4 Å². The predicted molar refractivity (Wildman–Crippen MR) is 121 cm³/mol. The lowest BCUT2D eigenvalue weighted by molar-refractivity contribution is -0.123. The van der Waals surface area contributed by atoms with Gasteiger partial charge >= 0.3 is 0 Å². The van der Waals surface area contributed by atoms with Gasteiger partial charge in [0, 0.05) is 24.7 Å². The molecule has 1 saturated heterocycles. The second-order valence-corrected chi connectivity index (χ2v) is 8.57. The Bertz CT molecular complexity index is 1060. The summed E-state index contributed by atoms with van der Waals surface area (Å²) in [5.74, 6) is -0.937. The maximum atomic E-state index is 13.1. The van der Waals surface area contributed by atoms with Crippen LogP contribution in [0.25, 0.3) is 0 Å². The maximum Gasteiger partial charge on any atom is 0.258 e. The van der Waals surface area contributed by atoms with Crippen molar-refractivity contribution in [2.75, 3.05) is 22.1 Å². The van der Waals surface area contributed by atoms with Crippen molar-refractivity contribution in [1.82, 2.24) is 9.97 Å². The van der Waals surface area contributed by atoms with Crippen LogP contribution in [0.3, 0.4) is 0 Å². The minimum Gasteiger partial charge on any atom is -0.339 e. The number of anilines is 3. The molecule has 4 rings (SSSR count). The van der Waals surface area contributed by atoms with Crippen molar-refractivity contribution in [3.63, 3.8) is 0 Å². The summed E-state index contributed by atoms with van der Waals surface area (Å²) in [7, 11) is 0. The van der Waals surface area contributed by atoms with E-state index < -0.39 is 5.92 Å². The summed E-state index contributed by atoms with van der Waals surface area (Å²) in [6, 6.07) is 6.04. The summed E-state index contributed by atoms with van der Waals surface area (Å²) in [4.78, 5) is 48.0. The number of nitrogens with one attached hydrogen (secondary N) is 3. The smallest absolute Gasteiger partial charge is 0.258 e. The van der Waals surface area contributed by atoms with E-state index in [1.54, 1.807) is 0 Å². The fourth-order valence-corrected chi connectivity index (χ4v) is 4.70. The molecule has 0 spiro atoms. The number of fused-ring (bicyclic) bond motifs is 1. The molecule has 0 bridgehead atoms. The van der Waals surface area contributed by atoms with Crippen LogP contribution in [0.1, 0.15) is 61.6 Å². The Morgan fingerprint density at radius 3 is 2.65 bits per heavy atom. The molecule has 0 radical (unpaired) electrons. The van der Waals surface area contributed by atoms with Gasteiger partial charge < -0.3 is 15.5 Å². The van der Waals surface area contributed by atoms with E-state index in [1.807, 2.05) is 32.0 Å². The summed E-state index contributed by atoms with van der Waals surface area (Å²) in [5.41, 5.74) is 2.54. The molecule has 2 atom stereocenters. The van der Waals surface area contributed by atoms with Crippen LogP contribution in [-0.2, 0) is 9.59 Å². The van der Waals surface area contributed by atoms with Gasteiger partial charge in [-0.15, -0.1) is 0 Å². The van der Waals surface area contributed by atoms with Crippen LogP contribution in [0.5, 0.6) is 0 Å². The highest BCUT2D eigenvalue weighted by molar-refractivity contribution is 6.04. The molecule has 0 saturated carbocycles. The number of H-pyrrole nitrogens is 1. The van der Waals surface area contributed by atoms with Crippen molar-refractivity contribution in [3.05, 3.63) is 45.2 Å². The zero-order chi connectivity index (χ0) is 22.1. The lowest BCUT2D eigenvalue weighted by Gasteiger charge is -2.36. The third-order valence-electron chi connectivity index (χ3n) is 6.11. The average molecular weight is 424 g/mol. The Balaban J connectivity index is 1.66. The van der Waals surface area contributed by atoms with E-state index in [4.69, 9.17) is 0 Å². The number of piperidine rings is 1. The highest BCUT2D eigenvalue weighted by Crippen LogP contribution is 2.32. The number of carbonyl (C=O) groups excluding carboxylic acids is 2. The van der Waals surface area contributed by atoms with E-state index >= 15 is 0 Å². The number of aryl methyl sites for hydroxylation is 2. The van der Waals surface area contributed by atoms with Gasteiger partial charge in [-0.1, -0.05) is 13.0 Å². The zero-order valence-electron chi connectivity index (χ0n) is 18.2. The van der Waals surface area contributed by atoms with Crippen LogP contribution in [0.15, 0.2) is 23.0 Å². The average Bonchev–Trinajstić information content (AvgIpc) is 2.71. The number of hydrogen-bond acceptors (Lipinski definition) is 5. The van der Waals surface area contributed by atoms with Crippen LogP contribution >= 0.6 is 0 Å². The van der Waals surface area contributed by atoms with Gasteiger partial charge in [0.2, 0.25) is 17.8 Å². The summed E-state index contributed by atoms with van der Waals surface area (Å²) < 4.78 is 0. The molecule has 1 aromatic carbocycles. The molecule has 3 N–H and O–H groups in total. The van der Waals surface area contributed by atoms with Crippen LogP contribution in [-0.4, -0.2) is 34.4 Å². The fourth-order valence-electron chi connectivity index (χ4n) is 4.70. The third kappa shape index (κ3) is 4.33. The Labute approximate surface area is 181 Å². The minimum atomic E-state index is -0.891. The first kappa shape index (κ1) is 21.1. The van der Waals surface area contributed by atoms with E-state index in [-0.39, 0.29) is 35.2 Å². The number of benzene rings is 1. The van der Waals surface area contributed by atoms with E-state index in [2.05, 4.69) is 32.4 Å². The number of amides is 2. The summed E-state index contributed by atoms with van der Waals surface area (Å²) >= 11 is 0. The largest absolute Gasteiger partial charge is 0.339 e. The van der Waals surface area contributed by atoms with Crippen molar-refractivity contribution >= 4 is 29.3 Å². The van der Waals surface area contributed by atoms with Gasteiger partial charge in [-0.2, -0.15) is 4.98 Å². The Kier molecular flexibility index (Phi) is 5.80. The monoisotopic (exact) mass is 423 g/mol. The first-order chi connectivity index (χ1) is 14.9. The number of carbonyl (C=O) groups is 2. The van der Waals surface area contributed by atoms with Gasteiger partial charge in [-0.3, -0.25) is 19.4 Å². The van der Waals surface area contributed by atoms with Gasteiger partial charge in [0.15, 0.2) is 0 Å². The Hall–Kier alpha value is -3.16. The number of aromatic nitrogens is 2. The van der Waals surface area contributed by atoms with Crippen molar-refractivity contribution in [1.29, 1.82) is 0 Å². The lowest BCUT2D eigenvalue weighted by atomic mass is 9.92. The van der Waals surface area contributed by atoms with Gasteiger partial charge in [0.1, 0.15) is 5.82 Å². The van der Waals surface area contributed by atoms with Crippen molar-refractivity contribution < 1.29 is 9.59 Å². The van der Waals surface area contributed by atoms with Crippen LogP contribution in [0.2, 0.25) is 0 Å². The van der Waals surface area contributed by atoms with Crippen LogP contribution in [0.4, 0.5) is 17.5 Å². The SMILES string of the molecule is CC[C@H]1CCCCN1c1nc2c(c(=O)[nH]1)[C@H](C(=O)Nc1cc(C)cc(C)c1)CC(=O)N2. The normalized spacial score (nSPS) is 20.7. The molecular weight excluding hydrogens is 394 g/mol. The Morgan fingerprint density at radius 1 is 1.19 bits per heavy atom. The standard InChI is InChI=1S/C23H29N5O3/c1-4-16-7-5-6-8-28(16)23-26-20-19(22(31)27-23)17(12-18(29)25-20)21(30)24-15-10-13(2)9-14(3)11-15/h9-11,16-17H,4-8,12H2,1-3H3,(H,24,30)(H2,25,26,27,29,31)/t16-,17+/m0/s1. The van der Waals surface area contributed by atoms with Crippen molar-refractivity contribution in [2.45, 2.75) is 64.8 Å². The second kappa shape index (κ2) is 8.53. The fraction of sp³-hybridized carbons (Fsp3) is 0.478. The molecule has 1 aromatic heterocycles. The predicted octanol–water partition coefficient (Wildman–Crippen LogP) is 3.22. The molecule has 8 heteroatoms. The topological polar surface area (TPSA) is 107 Å². The molecule has 2 amide bonds. The van der Waals surface area contributed by atoms with Gasteiger partial charge in [0.25, 0.3) is 5.56 Å². The van der Waals surface area contributed by atoms with Crippen LogP contribution in [0, 0.1) is 13.8 Å². The molecular formula is C23H29N5O3. The number of aromatic amines is 1. The Morgan fingerprint density at radius 2 is 1.94 bits per heavy atom. The molecule has 2 aromatic rings. The first-order valence-electron chi connectivity index (χ1n) is 11.0. The van der Waals surface area contributed by atoms with Gasteiger partial charge in [-0.25, -0.2) is 0 Å². The molecule has 164 valence electrons. The lowest BCUT2D eigenvalue weighted by Crippen LogP contribution is -2.43. The maximum absolute atomic E-state index is 13.1. The molecule has 3 heterocycles. The minimum absolute atomic E-state index is 0.0883. The van der Waals surface area contributed by atoms with Crippen LogP contribution < -0.4 is 21.1 Å². The molecule has 0 aliphatic carbocycles. The first-order valence-corrected chi connectivity index (χ1v) is 11.0. The summed E-state index contributed by atoms with van der Waals surface area (Å²) in [6.07, 6.45) is 4.10. The number of hydrogen-bond donors (Lipinski definition) is 3. The summed E-state index contributed by atoms with van der Waals surface area (Å²) in [6.45, 7) is 6.83. The highest BCUT2D eigenvalue weighted by Gasteiger charge is 2.35.